The first-order chi connectivity index (χ1) is 7.08. The third-order valence-corrected chi connectivity index (χ3v) is 2.86. The molecule has 0 spiro atoms. The predicted molar refractivity (Wildman–Crippen MR) is 69.2 cm³/mol. The van der Waals surface area contributed by atoms with E-state index < -0.39 is 0 Å². The van der Waals surface area contributed by atoms with E-state index in [-0.39, 0.29) is 5.91 Å². The molecule has 15 heavy (non-hydrogen) atoms. The molecule has 0 fully saturated rings. The van der Waals surface area contributed by atoms with Crippen molar-refractivity contribution >= 4 is 39.2 Å². The van der Waals surface area contributed by atoms with Crippen LogP contribution in [0.1, 0.15) is 9.75 Å². The first-order valence-electron chi connectivity index (χ1n) is 4.43. The third kappa shape index (κ3) is 4.95. The molecule has 1 amide bonds. The van der Waals surface area contributed by atoms with Gasteiger partial charge in [-0.1, -0.05) is 22.5 Å². The van der Waals surface area contributed by atoms with E-state index in [1.54, 1.807) is 11.3 Å². The molecular weight excluding hydrogens is 274 g/mol. The molecule has 80 valence electrons. The largest absolute Gasteiger partial charge is 0.348 e. The molecule has 0 aliphatic heterocycles. The van der Waals surface area contributed by atoms with Crippen LogP contribution in [0.4, 0.5) is 0 Å². The second-order valence-corrected chi connectivity index (χ2v) is 5.46. The third-order valence-electron chi connectivity index (χ3n) is 1.61. The number of carbonyl (C=O) groups excluding carboxylic acids is 1. The van der Waals surface area contributed by atoms with Gasteiger partial charge in [-0.2, -0.15) is 0 Å². The lowest BCUT2D eigenvalue weighted by atomic mass is 10.4. The van der Waals surface area contributed by atoms with Gasteiger partial charge in [-0.25, -0.2) is 0 Å². The smallest absolute Gasteiger partial charge is 0.244 e. The van der Waals surface area contributed by atoms with Gasteiger partial charge in [0.15, 0.2) is 0 Å². The van der Waals surface area contributed by atoms with Gasteiger partial charge in [0.05, 0.1) is 0 Å². The fourth-order valence-electron chi connectivity index (χ4n) is 0.943. The Bertz CT molecular complexity index is 395. The second-order valence-electron chi connectivity index (χ2n) is 3.02. The molecule has 4 heteroatoms. The van der Waals surface area contributed by atoms with E-state index in [1.807, 2.05) is 25.1 Å². The van der Waals surface area contributed by atoms with Crippen LogP contribution in [0, 0.1) is 6.92 Å². The zero-order valence-corrected chi connectivity index (χ0v) is 10.8. The second kappa shape index (κ2) is 5.88. The van der Waals surface area contributed by atoms with Crippen molar-refractivity contribution in [1.82, 2.24) is 5.32 Å². The van der Waals surface area contributed by atoms with Crippen LogP contribution in [0.5, 0.6) is 0 Å². The molecule has 0 radical (unpaired) electrons. The summed E-state index contributed by atoms with van der Waals surface area (Å²) in [5.41, 5.74) is 0. The lowest BCUT2D eigenvalue weighted by Gasteiger charge is -1.98. The average molecular weight is 286 g/mol. The van der Waals surface area contributed by atoms with Gasteiger partial charge >= 0.3 is 0 Å². The number of rotatable bonds is 4. The van der Waals surface area contributed by atoms with Gasteiger partial charge in [0.2, 0.25) is 5.91 Å². The summed E-state index contributed by atoms with van der Waals surface area (Å²) in [6.07, 6.45) is 3.34. The normalized spacial score (nSPS) is 10.5. The quantitative estimate of drug-likeness (QED) is 0.847. The monoisotopic (exact) mass is 285 g/mol. The van der Waals surface area contributed by atoms with Crippen LogP contribution in [0.2, 0.25) is 0 Å². The number of hydrogen-bond donors (Lipinski definition) is 1. The minimum Gasteiger partial charge on any atom is -0.348 e. The summed E-state index contributed by atoms with van der Waals surface area (Å²) in [4.78, 5) is 13.6. The van der Waals surface area contributed by atoms with E-state index in [1.165, 1.54) is 11.0 Å². The van der Waals surface area contributed by atoms with Crippen LogP contribution < -0.4 is 5.32 Å². The van der Waals surface area contributed by atoms with E-state index in [9.17, 15) is 4.79 Å². The van der Waals surface area contributed by atoms with Crippen LogP contribution in [0.25, 0.3) is 6.08 Å². The molecule has 0 aliphatic carbocycles. The summed E-state index contributed by atoms with van der Waals surface area (Å²) in [6.45, 7) is 6.12. The van der Waals surface area contributed by atoms with Gasteiger partial charge in [0.1, 0.15) is 0 Å². The maximum atomic E-state index is 11.3. The molecule has 0 unspecified atom stereocenters. The number of thiophene rings is 1. The van der Waals surface area contributed by atoms with Crippen molar-refractivity contribution in [2.45, 2.75) is 6.92 Å². The number of hydrogen-bond acceptors (Lipinski definition) is 2. The predicted octanol–water partition coefficient (Wildman–Crippen LogP) is 3.09. The highest BCUT2D eigenvalue weighted by atomic mass is 79.9. The van der Waals surface area contributed by atoms with E-state index >= 15 is 0 Å². The van der Waals surface area contributed by atoms with Crippen molar-refractivity contribution in [3.05, 3.63) is 39.0 Å². The van der Waals surface area contributed by atoms with E-state index in [4.69, 9.17) is 0 Å². The topological polar surface area (TPSA) is 29.1 Å². The fourth-order valence-corrected chi connectivity index (χ4v) is 1.86. The number of halogens is 1. The fraction of sp³-hybridized carbons (Fsp3) is 0.182. The Balaban J connectivity index is 2.44. The highest BCUT2D eigenvalue weighted by Crippen LogP contribution is 2.16. The minimum atomic E-state index is -0.110. The highest BCUT2D eigenvalue weighted by molar-refractivity contribution is 9.11. The lowest BCUT2D eigenvalue weighted by molar-refractivity contribution is -0.116. The Morgan fingerprint density at radius 1 is 1.67 bits per heavy atom. The Kier molecular flexibility index (Phi) is 4.78. The Labute approximate surface area is 102 Å². The molecule has 0 aromatic carbocycles. The molecular formula is C11H12BrNOS. The van der Waals surface area contributed by atoms with Gasteiger partial charge < -0.3 is 5.32 Å². The van der Waals surface area contributed by atoms with Crippen molar-refractivity contribution in [3.8, 4) is 0 Å². The molecule has 0 atom stereocenters. The summed E-state index contributed by atoms with van der Waals surface area (Å²) < 4.78 is 0.760. The maximum absolute atomic E-state index is 11.3. The van der Waals surface area contributed by atoms with Gasteiger partial charge in [-0.3, -0.25) is 4.79 Å². The maximum Gasteiger partial charge on any atom is 0.244 e. The molecule has 1 heterocycles. The summed E-state index contributed by atoms with van der Waals surface area (Å²) in [5, 5.41) is 2.69. The van der Waals surface area contributed by atoms with E-state index in [0.29, 0.717) is 6.54 Å². The average Bonchev–Trinajstić information content (AvgIpc) is 2.58. The van der Waals surface area contributed by atoms with Gasteiger partial charge in [-0.05, 0) is 25.1 Å². The Hall–Kier alpha value is -0.870. The van der Waals surface area contributed by atoms with Crippen LogP contribution >= 0.6 is 27.3 Å². The van der Waals surface area contributed by atoms with Gasteiger partial charge in [0.25, 0.3) is 0 Å². The summed E-state index contributed by atoms with van der Waals surface area (Å²) in [5.74, 6) is -0.110. The Morgan fingerprint density at radius 2 is 2.40 bits per heavy atom. The number of carbonyl (C=O) groups is 1. The molecule has 2 nitrogen and oxygen atoms in total. The highest BCUT2D eigenvalue weighted by Gasteiger charge is 1.96. The van der Waals surface area contributed by atoms with Crippen LogP contribution in [-0.4, -0.2) is 12.5 Å². The molecule has 1 rings (SSSR count). The van der Waals surface area contributed by atoms with Crippen molar-refractivity contribution < 1.29 is 4.79 Å². The molecule has 0 bridgehead atoms. The van der Waals surface area contributed by atoms with Crippen molar-refractivity contribution in [3.63, 3.8) is 0 Å². The van der Waals surface area contributed by atoms with E-state index in [2.05, 4.69) is 27.8 Å². The molecule has 1 N–H and O–H groups in total. The molecule has 0 saturated heterocycles. The molecule has 0 aliphatic rings. The summed E-state index contributed by atoms with van der Waals surface area (Å²) in [6, 6.07) is 4.02. The zero-order chi connectivity index (χ0) is 11.3. The summed E-state index contributed by atoms with van der Waals surface area (Å²) >= 11 is 4.83. The van der Waals surface area contributed by atoms with Gasteiger partial charge in [-0.15, -0.1) is 11.3 Å². The number of nitrogens with one attached hydrogen (secondary N) is 1. The lowest BCUT2D eigenvalue weighted by Crippen LogP contribution is -2.21. The Morgan fingerprint density at radius 3 is 2.93 bits per heavy atom. The van der Waals surface area contributed by atoms with Crippen LogP contribution in [-0.2, 0) is 4.79 Å². The van der Waals surface area contributed by atoms with Crippen LogP contribution in [0.3, 0.4) is 0 Å². The molecule has 0 saturated carbocycles. The molecule has 1 aromatic heterocycles. The zero-order valence-electron chi connectivity index (χ0n) is 8.42. The van der Waals surface area contributed by atoms with Crippen LogP contribution in [0.15, 0.2) is 29.3 Å². The van der Waals surface area contributed by atoms with Crippen molar-refractivity contribution in [1.29, 1.82) is 0 Å². The van der Waals surface area contributed by atoms with E-state index in [0.717, 1.165) is 9.36 Å². The SMILES string of the molecule is C=C(Br)CNC(=O)/C=C/c1ccc(C)s1. The van der Waals surface area contributed by atoms with Gasteiger partial charge in [0, 0.05) is 26.9 Å². The van der Waals surface area contributed by atoms with Crippen molar-refractivity contribution in [2.75, 3.05) is 6.54 Å². The summed E-state index contributed by atoms with van der Waals surface area (Å²) in [7, 11) is 0. The number of aryl methyl sites for hydroxylation is 1. The number of amides is 1. The van der Waals surface area contributed by atoms with Crippen molar-refractivity contribution in [2.24, 2.45) is 0 Å². The first kappa shape index (κ1) is 12.2. The first-order valence-corrected chi connectivity index (χ1v) is 6.04. The molecule has 1 aromatic rings. The minimum absolute atomic E-state index is 0.110. The standard InChI is InChI=1S/C11H12BrNOS/c1-8(12)7-13-11(14)6-5-10-4-3-9(2)15-10/h3-6H,1,7H2,2H3,(H,13,14)/b6-5+.